The molecular formula is C31H37N3O6S. The van der Waals surface area contributed by atoms with Crippen molar-refractivity contribution < 1.29 is 27.9 Å². The number of hydrogen-bond donors (Lipinski definition) is 3. The second kappa shape index (κ2) is 14.7. The number of urea groups is 1. The molecule has 3 amide bonds. The first-order valence-corrected chi connectivity index (χ1v) is 15.5. The first-order chi connectivity index (χ1) is 19.8. The lowest BCUT2D eigenvalue weighted by Gasteiger charge is -2.30. The molecule has 0 bridgehead atoms. The van der Waals surface area contributed by atoms with Gasteiger partial charge in [0.05, 0.1) is 23.9 Å². The van der Waals surface area contributed by atoms with Crippen LogP contribution in [-0.2, 0) is 32.2 Å². The summed E-state index contributed by atoms with van der Waals surface area (Å²) in [4.78, 5) is 28.6. The molecule has 3 aromatic carbocycles. The monoisotopic (exact) mass is 579 g/mol. The Morgan fingerprint density at radius 2 is 1.46 bits per heavy atom. The van der Waals surface area contributed by atoms with Gasteiger partial charge in [0.15, 0.2) is 9.84 Å². The van der Waals surface area contributed by atoms with Gasteiger partial charge in [0, 0.05) is 25.6 Å². The Kier molecular flexibility index (Phi) is 10.8. The normalized spacial score (nSPS) is 15.1. The predicted molar refractivity (Wildman–Crippen MR) is 156 cm³/mol. The molecule has 10 heteroatoms. The number of carbonyl (C=O) groups is 2. The van der Waals surface area contributed by atoms with Crippen molar-refractivity contribution in [3.05, 3.63) is 96.1 Å². The number of aryl methyl sites for hydroxylation is 1. The number of morpholine rings is 1. The molecule has 41 heavy (non-hydrogen) atoms. The molecule has 0 radical (unpaired) electrons. The summed E-state index contributed by atoms with van der Waals surface area (Å²) in [5.41, 5.74) is 1.84. The van der Waals surface area contributed by atoms with Gasteiger partial charge < -0.3 is 25.4 Å². The van der Waals surface area contributed by atoms with Gasteiger partial charge in [-0.1, -0.05) is 60.7 Å². The number of phenolic OH excluding ortho intramolecular Hbond substituents is 1. The highest BCUT2D eigenvalue weighted by molar-refractivity contribution is 7.91. The van der Waals surface area contributed by atoms with Crippen LogP contribution in [-0.4, -0.2) is 74.5 Å². The minimum atomic E-state index is -3.54. The second-order valence-electron chi connectivity index (χ2n) is 10.1. The van der Waals surface area contributed by atoms with Crippen LogP contribution in [0.3, 0.4) is 0 Å². The van der Waals surface area contributed by atoms with Gasteiger partial charge in [-0.3, -0.25) is 4.79 Å². The summed E-state index contributed by atoms with van der Waals surface area (Å²) in [6.07, 6.45) is 1.61. The van der Waals surface area contributed by atoms with E-state index < -0.39 is 27.8 Å². The van der Waals surface area contributed by atoms with Crippen LogP contribution in [0.1, 0.15) is 24.0 Å². The molecule has 1 aliphatic heterocycles. The van der Waals surface area contributed by atoms with Crippen molar-refractivity contribution in [2.24, 2.45) is 0 Å². The van der Waals surface area contributed by atoms with E-state index in [1.165, 1.54) is 12.1 Å². The first-order valence-electron chi connectivity index (χ1n) is 13.8. The highest BCUT2D eigenvalue weighted by Crippen LogP contribution is 2.16. The molecular weight excluding hydrogens is 542 g/mol. The lowest BCUT2D eigenvalue weighted by atomic mass is 10.0. The fourth-order valence-electron chi connectivity index (χ4n) is 4.70. The average Bonchev–Trinajstić information content (AvgIpc) is 3.00. The van der Waals surface area contributed by atoms with Crippen molar-refractivity contribution in [2.45, 2.75) is 42.7 Å². The summed E-state index contributed by atoms with van der Waals surface area (Å²) in [5, 5.41) is 15.6. The summed E-state index contributed by atoms with van der Waals surface area (Å²) < 4.78 is 31.4. The number of ether oxygens (including phenoxy) is 1. The van der Waals surface area contributed by atoms with Crippen LogP contribution in [0.2, 0.25) is 0 Å². The van der Waals surface area contributed by atoms with Gasteiger partial charge in [-0.2, -0.15) is 0 Å². The quantitative estimate of drug-likeness (QED) is 0.302. The summed E-state index contributed by atoms with van der Waals surface area (Å²) >= 11 is 0. The van der Waals surface area contributed by atoms with E-state index in [2.05, 4.69) is 10.6 Å². The third-order valence-corrected chi connectivity index (χ3v) is 8.86. The molecule has 0 saturated carbocycles. The fraction of sp³-hybridized carbons (Fsp3) is 0.355. The SMILES string of the molecule is O=C(N[C@@H](CCc1ccccc1)CCS(=O)(=O)c1ccccc1)C(Cc1ccc(O)cc1)NC(=O)N1CCOCC1. The summed E-state index contributed by atoms with van der Waals surface area (Å²) in [7, 11) is -3.54. The second-order valence-corrected chi connectivity index (χ2v) is 12.2. The van der Waals surface area contributed by atoms with E-state index in [-0.39, 0.29) is 35.3 Å². The molecule has 0 aromatic heterocycles. The summed E-state index contributed by atoms with van der Waals surface area (Å²) in [5.74, 6) is -0.415. The maximum Gasteiger partial charge on any atom is 0.318 e. The van der Waals surface area contributed by atoms with Crippen LogP contribution in [0.5, 0.6) is 5.75 Å². The van der Waals surface area contributed by atoms with Gasteiger partial charge >= 0.3 is 6.03 Å². The third-order valence-electron chi connectivity index (χ3n) is 7.10. The van der Waals surface area contributed by atoms with E-state index in [9.17, 15) is 23.1 Å². The zero-order chi connectivity index (χ0) is 29.1. The number of rotatable bonds is 12. The minimum absolute atomic E-state index is 0.104. The minimum Gasteiger partial charge on any atom is -0.508 e. The molecule has 2 atom stereocenters. The number of phenols is 1. The van der Waals surface area contributed by atoms with Gasteiger partial charge in [0.25, 0.3) is 0 Å². The van der Waals surface area contributed by atoms with Crippen LogP contribution >= 0.6 is 0 Å². The molecule has 1 unspecified atom stereocenters. The number of carbonyl (C=O) groups excluding carboxylic acids is 2. The van der Waals surface area contributed by atoms with Crippen molar-refractivity contribution in [1.29, 1.82) is 0 Å². The Morgan fingerprint density at radius 3 is 2.12 bits per heavy atom. The lowest BCUT2D eigenvalue weighted by Crippen LogP contribution is -2.55. The zero-order valence-electron chi connectivity index (χ0n) is 22.9. The van der Waals surface area contributed by atoms with Crippen LogP contribution in [0.25, 0.3) is 0 Å². The zero-order valence-corrected chi connectivity index (χ0v) is 23.8. The van der Waals surface area contributed by atoms with Crippen molar-refractivity contribution in [1.82, 2.24) is 15.5 Å². The van der Waals surface area contributed by atoms with Gasteiger partial charge in [-0.05, 0) is 54.7 Å². The van der Waals surface area contributed by atoms with Gasteiger partial charge in [0.1, 0.15) is 11.8 Å². The van der Waals surface area contributed by atoms with Crippen LogP contribution in [0.4, 0.5) is 4.79 Å². The highest BCUT2D eigenvalue weighted by atomic mass is 32.2. The van der Waals surface area contributed by atoms with Crippen LogP contribution < -0.4 is 10.6 Å². The Morgan fingerprint density at radius 1 is 0.829 bits per heavy atom. The highest BCUT2D eigenvalue weighted by Gasteiger charge is 2.27. The van der Waals surface area contributed by atoms with Crippen molar-refractivity contribution in [3.63, 3.8) is 0 Å². The standard InChI is InChI=1S/C31H37N3O6S/c35-27-15-12-25(13-16-27)23-29(33-31(37)34-18-20-40-21-19-34)30(36)32-26(14-11-24-7-3-1-4-8-24)17-22-41(38,39)28-9-5-2-6-10-28/h1-10,12-13,15-16,26,29,35H,11,14,17-23H2,(H,32,36)(H,33,37)/t26-,29?/m0/s1. The maximum atomic E-state index is 13.7. The topological polar surface area (TPSA) is 125 Å². The molecule has 1 aliphatic rings. The number of benzene rings is 3. The molecule has 3 aromatic rings. The van der Waals surface area contributed by atoms with Gasteiger partial charge in [-0.25, -0.2) is 13.2 Å². The smallest absolute Gasteiger partial charge is 0.318 e. The fourth-order valence-corrected chi connectivity index (χ4v) is 6.11. The summed E-state index contributed by atoms with van der Waals surface area (Å²) in [6, 6.07) is 22.9. The van der Waals surface area contributed by atoms with E-state index in [4.69, 9.17) is 4.74 Å². The van der Waals surface area contributed by atoms with E-state index >= 15 is 0 Å². The number of aromatic hydroxyl groups is 1. The molecule has 3 N–H and O–H groups in total. The third kappa shape index (κ3) is 9.33. The van der Waals surface area contributed by atoms with Gasteiger partial charge in [-0.15, -0.1) is 0 Å². The number of hydrogen-bond acceptors (Lipinski definition) is 6. The first kappa shape index (κ1) is 30.1. The maximum absolute atomic E-state index is 13.7. The Balaban J connectivity index is 1.49. The Bertz CT molecular complexity index is 1360. The number of nitrogens with zero attached hydrogens (tertiary/aromatic N) is 1. The molecule has 0 aliphatic carbocycles. The predicted octanol–water partition coefficient (Wildman–Crippen LogP) is 3.33. The Labute approximate surface area is 241 Å². The lowest BCUT2D eigenvalue weighted by molar-refractivity contribution is -0.123. The largest absolute Gasteiger partial charge is 0.508 e. The Hall–Kier alpha value is -3.89. The molecule has 4 rings (SSSR count). The van der Waals surface area contributed by atoms with E-state index in [0.29, 0.717) is 39.1 Å². The molecule has 218 valence electrons. The number of nitrogens with one attached hydrogen (secondary N) is 2. The van der Waals surface area contributed by atoms with Crippen LogP contribution in [0.15, 0.2) is 89.8 Å². The summed E-state index contributed by atoms with van der Waals surface area (Å²) in [6.45, 7) is 1.71. The van der Waals surface area contributed by atoms with Crippen molar-refractivity contribution >= 4 is 21.8 Å². The van der Waals surface area contributed by atoms with E-state index in [0.717, 1.165) is 11.1 Å². The molecule has 1 heterocycles. The van der Waals surface area contributed by atoms with Gasteiger partial charge in [0.2, 0.25) is 5.91 Å². The molecule has 1 fully saturated rings. The molecule has 9 nitrogen and oxygen atoms in total. The molecule has 1 saturated heterocycles. The molecule has 0 spiro atoms. The van der Waals surface area contributed by atoms with E-state index in [1.54, 1.807) is 47.4 Å². The van der Waals surface area contributed by atoms with Crippen LogP contribution in [0, 0.1) is 0 Å². The van der Waals surface area contributed by atoms with Crippen molar-refractivity contribution in [3.8, 4) is 5.75 Å². The van der Waals surface area contributed by atoms with Crippen molar-refractivity contribution in [2.75, 3.05) is 32.1 Å². The number of amides is 3. The number of sulfone groups is 1. The van der Waals surface area contributed by atoms with E-state index in [1.807, 2.05) is 30.3 Å². The average molecular weight is 580 g/mol.